The summed E-state index contributed by atoms with van der Waals surface area (Å²) >= 11 is 0. The van der Waals surface area contributed by atoms with Crippen molar-refractivity contribution in [3.63, 3.8) is 0 Å². The molecule has 0 spiro atoms. The zero-order valence-electron chi connectivity index (χ0n) is 15.9. The third-order valence-electron chi connectivity index (χ3n) is 4.91. The maximum absolute atomic E-state index is 11.9. The van der Waals surface area contributed by atoms with Gasteiger partial charge >= 0.3 is 0 Å². The molecule has 0 saturated heterocycles. The molecule has 138 valence electrons. The highest BCUT2D eigenvalue weighted by atomic mass is 32.2. The Morgan fingerprint density at radius 2 is 1.96 bits per heavy atom. The SMILES string of the molecule is CCC1=C(OC2=NCC(CC)C(CC)=C2C)CC=CC(S(C)(=O)=O)=C1. The molecule has 1 aliphatic carbocycles. The molecule has 25 heavy (non-hydrogen) atoms. The van der Waals surface area contributed by atoms with E-state index in [0.717, 1.165) is 36.3 Å². The minimum atomic E-state index is -3.24. The van der Waals surface area contributed by atoms with Crippen LogP contribution in [0.4, 0.5) is 0 Å². The summed E-state index contributed by atoms with van der Waals surface area (Å²) in [5, 5.41) is 0. The van der Waals surface area contributed by atoms with E-state index in [2.05, 4.69) is 25.8 Å². The Labute approximate surface area is 152 Å². The molecule has 4 nitrogen and oxygen atoms in total. The lowest BCUT2D eigenvalue weighted by molar-refractivity contribution is 0.388. The highest BCUT2D eigenvalue weighted by Crippen LogP contribution is 2.30. The van der Waals surface area contributed by atoms with E-state index in [9.17, 15) is 8.42 Å². The van der Waals surface area contributed by atoms with Crippen LogP contribution in [-0.2, 0) is 14.6 Å². The number of aliphatic imine (C=N–C) groups is 1. The van der Waals surface area contributed by atoms with Crippen LogP contribution in [0.5, 0.6) is 0 Å². The van der Waals surface area contributed by atoms with Gasteiger partial charge in [0.05, 0.1) is 4.91 Å². The highest BCUT2D eigenvalue weighted by molar-refractivity contribution is 7.94. The van der Waals surface area contributed by atoms with Crippen LogP contribution in [0.25, 0.3) is 0 Å². The van der Waals surface area contributed by atoms with Crippen LogP contribution < -0.4 is 0 Å². The molecular weight excluding hydrogens is 334 g/mol. The molecule has 0 radical (unpaired) electrons. The van der Waals surface area contributed by atoms with E-state index < -0.39 is 9.84 Å². The van der Waals surface area contributed by atoms with Gasteiger partial charge in [0.25, 0.3) is 0 Å². The molecule has 0 fully saturated rings. The number of hydrogen-bond donors (Lipinski definition) is 0. The summed E-state index contributed by atoms with van der Waals surface area (Å²) in [7, 11) is -3.24. The first-order chi connectivity index (χ1) is 11.8. The minimum Gasteiger partial charge on any atom is -0.443 e. The van der Waals surface area contributed by atoms with Gasteiger partial charge in [-0.1, -0.05) is 32.4 Å². The van der Waals surface area contributed by atoms with Crippen LogP contribution in [0.1, 0.15) is 53.4 Å². The molecule has 2 aliphatic rings. The van der Waals surface area contributed by atoms with Crippen LogP contribution in [-0.4, -0.2) is 27.1 Å². The lowest BCUT2D eigenvalue weighted by atomic mass is 9.88. The van der Waals surface area contributed by atoms with Gasteiger partial charge in [0, 0.05) is 24.8 Å². The molecule has 5 heteroatoms. The molecule has 2 rings (SSSR count). The molecule has 1 heterocycles. The largest absolute Gasteiger partial charge is 0.443 e. The van der Waals surface area contributed by atoms with Crippen molar-refractivity contribution in [1.29, 1.82) is 0 Å². The summed E-state index contributed by atoms with van der Waals surface area (Å²) in [5.74, 6) is 1.98. The number of dihydropyridines is 1. The Morgan fingerprint density at radius 3 is 2.52 bits per heavy atom. The van der Waals surface area contributed by atoms with E-state index in [1.54, 1.807) is 12.2 Å². The number of sulfone groups is 1. The third-order valence-corrected chi connectivity index (χ3v) is 6.02. The molecule has 1 unspecified atom stereocenters. The van der Waals surface area contributed by atoms with Crippen LogP contribution in [0.2, 0.25) is 0 Å². The number of allylic oxidation sites excluding steroid dienone is 4. The number of ether oxygens (including phenoxy) is 1. The highest BCUT2D eigenvalue weighted by Gasteiger charge is 2.23. The second-order valence-corrected chi connectivity index (χ2v) is 8.60. The quantitative estimate of drug-likeness (QED) is 0.710. The van der Waals surface area contributed by atoms with Crippen LogP contribution >= 0.6 is 0 Å². The summed E-state index contributed by atoms with van der Waals surface area (Å²) in [6.45, 7) is 9.23. The first kappa shape index (κ1) is 19.7. The van der Waals surface area contributed by atoms with Crippen molar-refractivity contribution in [3.8, 4) is 0 Å². The number of hydrogen-bond acceptors (Lipinski definition) is 4. The first-order valence-electron chi connectivity index (χ1n) is 9.04. The summed E-state index contributed by atoms with van der Waals surface area (Å²) in [6, 6.07) is 0. The Balaban J connectivity index is 2.37. The van der Waals surface area contributed by atoms with Crippen molar-refractivity contribution in [2.45, 2.75) is 53.4 Å². The summed E-state index contributed by atoms with van der Waals surface area (Å²) < 4.78 is 30.0. The third kappa shape index (κ3) is 4.51. The van der Waals surface area contributed by atoms with Crippen LogP contribution in [0.15, 0.2) is 50.6 Å². The molecule has 0 aromatic heterocycles. The predicted molar refractivity (Wildman–Crippen MR) is 104 cm³/mol. The lowest BCUT2D eigenvalue weighted by Gasteiger charge is -2.26. The van der Waals surface area contributed by atoms with Gasteiger partial charge in [0.15, 0.2) is 9.84 Å². The van der Waals surface area contributed by atoms with E-state index in [1.165, 1.54) is 11.8 Å². The monoisotopic (exact) mass is 363 g/mol. The first-order valence-corrected chi connectivity index (χ1v) is 10.9. The van der Waals surface area contributed by atoms with Gasteiger partial charge in [0.2, 0.25) is 5.90 Å². The normalized spacial score (nSPS) is 21.9. The van der Waals surface area contributed by atoms with Gasteiger partial charge < -0.3 is 4.74 Å². The molecule has 1 atom stereocenters. The topological polar surface area (TPSA) is 55.7 Å². The summed E-state index contributed by atoms with van der Waals surface area (Å²) in [4.78, 5) is 5.00. The Bertz CT molecular complexity index is 780. The van der Waals surface area contributed by atoms with Gasteiger partial charge in [-0.25, -0.2) is 8.42 Å². The van der Waals surface area contributed by atoms with Crippen molar-refractivity contribution >= 4 is 15.7 Å². The molecule has 0 bridgehead atoms. The molecular formula is C20H29NO3S. The zero-order chi connectivity index (χ0) is 18.6. The van der Waals surface area contributed by atoms with Crippen molar-refractivity contribution < 1.29 is 13.2 Å². The molecule has 0 N–H and O–H groups in total. The number of nitrogens with zero attached hydrogens (tertiary/aromatic N) is 1. The average Bonchev–Trinajstić information content (AvgIpc) is 2.78. The van der Waals surface area contributed by atoms with E-state index in [-0.39, 0.29) is 0 Å². The van der Waals surface area contributed by atoms with Crippen molar-refractivity contribution in [2.75, 3.05) is 12.8 Å². The van der Waals surface area contributed by atoms with Crippen LogP contribution in [0.3, 0.4) is 0 Å². The fraction of sp³-hybridized carbons (Fsp3) is 0.550. The van der Waals surface area contributed by atoms with Gasteiger partial charge in [-0.05, 0) is 49.8 Å². The fourth-order valence-electron chi connectivity index (χ4n) is 3.37. The summed E-state index contributed by atoms with van der Waals surface area (Å²) in [6.07, 6.45) is 9.85. The molecule has 0 saturated carbocycles. The van der Waals surface area contributed by atoms with Crippen molar-refractivity contribution in [3.05, 3.63) is 45.6 Å². The maximum atomic E-state index is 11.9. The second kappa shape index (κ2) is 8.17. The van der Waals surface area contributed by atoms with Gasteiger partial charge in [-0.15, -0.1) is 0 Å². The van der Waals surface area contributed by atoms with E-state index in [0.29, 0.717) is 29.6 Å². The number of rotatable bonds is 5. The summed E-state index contributed by atoms with van der Waals surface area (Å²) in [5.41, 5.74) is 3.46. The molecule has 1 aliphatic heterocycles. The maximum Gasteiger partial charge on any atom is 0.217 e. The smallest absolute Gasteiger partial charge is 0.217 e. The van der Waals surface area contributed by atoms with Gasteiger partial charge in [0.1, 0.15) is 5.76 Å². The lowest BCUT2D eigenvalue weighted by Crippen LogP contribution is -2.21. The van der Waals surface area contributed by atoms with Crippen LogP contribution in [0, 0.1) is 5.92 Å². The van der Waals surface area contributed by atoms with Gasteiger partial charge in [-0.2, -0.15) is 0 Å². The zero-order valence-corrected chi connectivity index (χ0v) is 16.7. The molecule has 0 amide bonds. The van der Waals surface area contributed by atoms with Crippen molar-refractivity contribution in [2.24, 2.45) is 10.9 Å². The minimum absolute atomic E-state index is 0.334. The van der Waals surface area contributed by atoms with Crippen molar-refractivity contribution in [1.82, 2.24) is 0 Å². The Hall–Kier alpha value is -1.62. The Morgan fingerprint density at radius 1 is 1.24 bits per heavy atom. The van der Waals surface area contributed by atoms with E-state index in [4.69, 9.17) is 4.74 Å². The van der Waals surface area contributed by atoms with Gasteiger partial charge in [-0.3, -0.25) is 4.99 Å². The molecule has 0 aromatic carbocycles. The second-order valence-electron chi connectivity index (χ2n) is 6.58. The Kier molecular flexibility index (Phi) is 6.44. The average molecular weight is 364 g/mol. The standard InChI is InChI=1S/C20H29NO3S/c1-6-15-12-17(25(5,22)23)10-9-11-19(15)24-20-14(4)18(8-3)16(7-2)13-21-20/h9-10,12,16H,6-8,11,13H2,1-5H3. The van der Waals surface area contributed by atoms with E-state index in [1.807, 2.05) is 13.0 Å². The van der Waals surface area contributed by atoms with E-state index >= 15 is 0 Å². The predicted octanol–water partition coefficient (Wildman–Crippen LogP) is 4.72. The fourth-order valence-corrected chi connectivity index (χ4v) is 4.07. The molecule has 0 aromatic rings.